The molecular weight excluding hydrogens is 290 g/mol. The highest BCUT2D eigenvalue weighted by Crippen LogP contribution is 2.18. The molecule has 0 saturated heterocycles. The van der Waals surface area contributed by atoms with E-state index in [4.69, 9.17) is 0 Å². The van der Waals surface area contributed by atoms with Crippen molar-refractivity contribution in [1.82, 2.24) is 25.3 Å². The van der Waals surface area contributed by atoms with Gasteiger partial charge in [-0.25, -0.2) is 0 Å². The third kappa shape index (κ3) is 3.31. The van der Waals surface area contributed by atoms with Crippen molar-refractivity contribution in [3.05, 3.63) is 59.0 Å². The second kappa shape index (κ2) is 6.08. The first kappa shape index (κ1) is 15.0. The van der Waals surface area contributed by atoms with E-state index in [0.717, 1.165) is 22.5 Å². The number of H-pyrrole nitrogens is 1. The van der Waals surface area contributed by atoms with Crippen LogP contribution in [0.25, 0.3) is 11.3 Å². The van der Waals surface area contributed by atoms with Crippen LogP contribution in [0.1, 0.15) is 27.3 Å². The molecule has 0 aliphatic heterocycles. The molecule has 2 heterocycles. The molecule has 0 bridgehead atoms. The first-order valence-electron chi connectivity index (χ1n) is 7.42. The number of hydrogen-bond acceptors (Lipinski definition) is 3. The Morgan fingerprint density at radius 1 is 1.26 bits per heavy atom. The molecule has 0 radical (unpaired) electrons. The largest absolute Gasteiger partial charge is 0.347 e. The van der Waals surface area contributed by atoms with Crippen molar-refractivity contribution in [3.8, 4) is 11.3 Å². The Morgan fingerprint density at radius 3 is 2.65 bits per heavy atom. The molecular formula is C17H19N5O. The van der Waals surface area contributed by atoms with Crippen molar-refractivity contribution in [2.75, 3.05) is 0 Å². The lowest BCUT2D eigenvalue weighted by molar-refractivity contribution is 0.0946. The molecule has 0 saturated carbocycles. The minimum absolute atomic E-state index is 0.181. The molecule has 23 heavy (non-hydrogen) atoms. The highest BCUT2D eigenvalue weighted by Gasteiger charge is 2.12. The van der Waals surface area contributed by atoms with E-state index >= 15 is 0 Å². The Hall–Kier alpha value is -2.89. The van der Waals surface area contributed by atoms with Crippen LogP contribution in [0.3, 0.4) is 0 Å². The summed E-state index contributed by atoms with van der Waals surface area (Å²) in [5, 5.41) is 14.1. The summed E-state index contributed by atoms with van der Waals surface area (Å²) in [4.78, 5) is 12.2. The van der Waals surface area contributed by atoms with Crippen molar-refractivity contribution in [1.29, 1.82) is 0 Å². The highest BCUT2D eigenvalue weighted by molar-refractivity contribution is 5.93. The van der Waals surface area contributed by atoms with Crippen LogP contribution in [0.2, 0.25) is 0 Å². The van der Waals surface area contributed by atoms with Gasteiger partial charge in [0.05, 0.1) is 11.4 Å². The van der Waals surface area contributed by atoms with Crippen molar-refractivity contribution >= 4 is 5.91 Å². The molecule has 0 aliphatic carbocycles. The van der Waals surface area contributed by atoms with Gasteiger partial charge in [0.2, 0.25) is 0 Å². The van der Waals surface area contributed by atoms with E-state index in [-0.39, 0.29) is 5.91 Å². The van der Waals surface area contributed by atoms with E-state index in [1.54, 1.807) is 10.7 Å². The van der Waals surface area contributed by atoms with Crippen LogP contribution in [0.15, 0.2) is 36.5 Å². The van der Waals surface area contributed by atoms with Crippen LogP contribution in [-0.4, -0.2) is 25.9 Å². The SMILES string of the molecule is Cc1ccc(-c2cc(C(=O)NCc3cn(C)nc3C)[nH]n2)cc1. The summed E-state index contributed by atoms with van der Waals surface area (Å²) < 4.78 is 1.74. The first-order valence-corrected chi connectivity index (χ1v) is 7.42. The van der Waals surface area contributed by atoms with Crippen LogP contribution in [0.4, 0.5) is 0 Å². The molecule has 1 aromatic carbocycles. The summed E-state index contributed by atoms with van der Waals surface area (Å²) in [6, 6.07) is 9.79. The van der Waals surface area contributed by atoms with Crippen LogP contribution >= 0.6 is 0 Å². The minimum atomic E-state index is -0.181. The Kier molecular flexibility index (Phi) is 3.97. The summed E-state index contributed by atoms with van der Waals surface area (Å²) in [6.45, 7) is 4.40. The van der Waals surface area contributed by atoms with Crippen LogP contribution in [0, 0.1) is 13.8 Å². The number of carbonyl (C=O) groups is 1. The van der Waals surface area contributed by atoms with Gasteiger partial charge >= 0.3 is 0 Å². The van der Waals surface area contributed by atoms with Gasteiger partial charge in [0, 0.05) is 30.9 Å². The van der Waals surface area contributed by atoms with Gasteiger partial charge in [-0.15, -0.1) is 0 Å². The number of nitrogens with zero attached hydrogens (tertiary/aromatic N) is 3. The van der Waals surface area contributed by atoms with Crippen LogP contribution in [0.5, 0.6) is 0 Å². The average molecular weight is 309 g/mol. The minimum Gasteiger partial charge on any atom is -0.347 e. The molecule has 0 fully saturated rings. The Bertz CT molecular complexity index is 829. The Labute approximate surface area is 134 Å². The molecule has 118 valence electrons. The zero-order valence-electron chi connectivity index (χ0n) is 13.4. The summed E-state index contributed by atoms with van der Waals surface area (Å²) in [6.07, 6.45) is 1.90. The highest BCUT2D eigenvalue weighted by atomic mass is 16.1. The maximum Gasteiger partial charge on any atom is 0.269 e. The van der Waals surface area contributed by atoms with Gasteiger partial charge in [-0.3, -0.25) is 14.6 Å². The zero-order valence-corrected chi connectivity index (χ0v) is 13.4. The second-order valence-corrected chi connectivity index (χ2v) is 5.63. The lowest BCUT2D eigenvalue weighted by Crippen LogP contribution is -2.23. The summed E-state index contributed by atoms with van der Waals surface area (Å²) in [7, 11) is 1.86. The number of amides is 1. The molecule has 0 aliphatic rings. The maximum atomic E-state index is 12.2. The Balaban J connectivity index is 1.69. The molecule has 3 rings (SSSR count). The van der Waals surface area contributed by atoms with E-state index in [1.165, 1.54) is 5.56 Å². The zero-order chi connectivity index (χ0) is 16.4. The number of aromatic amines is 1. The molecule has 0 spiro atoms. The lowest BCUT2D eigenvalue weighted by atomic mass is 10.1. The van der Waals surface area contributed by atoms with Gasteiger partial charge in [0.1, 0.15) is 5.69 Å². The number of aromatic nitrogens is 4. The Morgan fingerprint density at radius 2 is 2.00 bits per heavy atom. The smallest absolute Gasteiger partial charge is 0.269 e. The topological polar surface area (TPSA) is 75.6 Å². The van der Waals surface area contributed by atoms with E-state index in [2.05, 4.69) is 20.6 Å². The van der Waals surface area contributed by atoms with E-state index < -0.39 is 0 Å². The normalized spacial score (nSPS) is 10.7. The van der Waals surface area contributed by atoms with Crippen molar-refractivity contribution in [3.63, 3.8) is 0 Å². The van der Waals surface area contributed by atoms with Gasteiger partial charge in [-0.2, -0.15) is 10.2 Å². The van der Waals surface area contributed by atoms with E-state index in [0.29, 0.717) is 12.2 Å². The van der Waals surface area contributed by atoms with Gasteiger partial charge in [-0.1, -0.05) is 29.8 Å². The third-order valence-corrected chi connectivity index (χ3v) is 3.72. The molecule has 0 unspecified atom stereocenters. The van der Waals surface area contributed by atoms with Gasteiger partial charge < -0.3 is 5.32 Å². The van der Waals surface area contributed by atoms with Crippen molar-refractivity contribution < 1.29 is 4.79 Å². The molecule has 6 nitrogen and oxygen atoms in total. The maximum absolute atomic E-state index is 12.2. The van der Waals surface area contributed by atoms with E-state index in [1.807, 2.05) is 51.4 Å². The van der Waals surface area contributed by atoms with Crippen LogP contribution in [-0.2, 0) is 13.6 Å². The van der Waals surface area contributed by atoms with Crippen molar-refractivity contribution in [2.24, 2.45) is 7.05 Å². The second-order valence-electron chi connectivity index (χ2n) is 5.63. The number of rotatable bonds is 4. The average Bonchev–Trinajstić information content (AvgIpc) is 3.12. The predicted molar refractivity (Wildman–Crippen MR) is 87.9 cm³/mol. The van der Waals surface area contributed by atoms with E-state index in [9.17, 15) is 4.79 Å². The number of hydrogen-bond donors (Lipinski definition) is 2. The summed E-state index contributed by atoms with van der Waals surface area (Å²) in [5.41, 5.74) is 5.29. The molecule has 2 N–H and O–H groups in total. The van der Waals surface area contributed by atoms with Gasteiger partial charge in [0.15, 0.2) is 0 Å². The fraction of sp³-hybridized carbons (Fsp3) is 0.235. The molecule has 0 atom stereocenters. The number of carbonyl (C=O) groups excluding carboxylic acids is 1. The molecule has 1 amide bonds. The fourth-order valence-corrected chi connectivity index (χ4v) is 2.40. The van der Waals surface area contributed by atoms with Gasteiger partial charge in [-0.05, 0) is 19.9 Å². The quantitative estimate of drug-likeness (QED) is 0.777. The monoisotopic (exact) mass is 309 g/mol. The summed E-state index contributed by atoms with van der Waals surface area (Å²) >= 11 is 0. The number of aryl methyl sites for hydroxylation is 3. The summed E-state index contributed by atoms with van der Waals surface area (Å²) in [5.74, 6) is -0.181. The molecule has 2 aromatic heterocycles. The van der Waals surface area contributed by atoms with Crippen LogP contribution < -0.4 is 5.32 Å². The standard InChI is InChI=1S/C17H19N5O/c1-11-4-6-13(7-5-11)15-8-16(20-19-15)17(23)18-9-14-10-22(3)21-12(14)2/h4-8,10H,9H2,1-3H3,(H,18,23)(H,19,20). The molecule has 3 aromatic rings. The third-order valence-electron chi connectivity index (χ3n) is 3.72. The first-order chi connectivity index (χ1) is 11.0. The van der Waals surface area contributed by atoms with Crippen molar-refractivity contribution in [2.45, 2.75) is 20.4 Å². The van der Waals surface area contributed by atoms with Gasteiger partial charge in [0.25, 0.3) is 5.91 Å². The lowest BCUT2D eigenvalue weighted by Gasteiger charge is -2.01. The predicted octanol–water partition coefficient (Wildman–Crippen LogP) is 2.36. The fourth-order valence-electron chi connectivity index (χ4n) is 2.40. The molecule has 6 heteroatoms. The number of nitrogens with one attached hydrogen (secondary N) is 2. The number of benzene rings is 1.